The minimum absolute atomic E-state index is 0.0128. The van der Waals surface area contributed by atoms with Crippen molar-refractivity contribution in [1.29, 1.82) is 0 Å². The van der Waals surface area contributed by atoms with Crippen LogP contribution < -0.4 is 27.4 Å². The Balaban J connectivity index is 0.000000585. The van der Waals surface area contributed by atoms with Gasteiger partial charge in [-0.15, -0.1) is 0 Å². The van der Waals surface area contributed by atoms with Crippen LogP contribution in [0.15, 0.2) is 91.0 Å². The third-order valence-corrected chi connectivity index (χ3v) is 12.8. The molecule has 20 nitrogen and oxygen atoms in total. The van der Waals surface area contributed by atoms with Gasteiger partial charge in [0.05, 0.1) is 30.5 Å². The largest absolute Gasteiger partial charge is 0.390 e. The highest BCUT2D eigenvalue weighted by atomic mass is 16.3. The van der Waals surface area contributed by atoms with E-state index in [1.807, 2.05) is 58.0 Å². The first-order valence-electron chi connectivity index (χ1n) is 26.9. The van der Waals surface area contributed by atoms with Gasteiger partial charge in [-0.3, -0.25) is 33.6 Å². The number of carbonyl (C=O) groups is 7. The molecule has 0 spiro atoms. The molecule has 20 heteroatoms. The number of Topliss-reactive ketones (excluding diaryl/α,β-unsaturated/α-hetero) is 1. The zero-order valence-electron chi connectivity index (χ0n) is 47.6. The van der Waals surface area contributed by atoms with Gasteiger partial charge in [0.15, 0.2) is 5.78 Å². The topological polar surface area (TPSA) is 318 Å². The molecule has 3 aromatic rings. The number of rotatable bonds is 30. The van der Waals surface area contributed by atoms with Crippen molar-refractivity contribution in [1.82, 2.24) is 30.7 Å². The highest BCUT2D eigenvalue weighted by Gasteiger charge is 2.30. The van der Waals surface area contributed by atoms with Gasteiger partial charge < -0.3 is 67.7 Å². The van der Waals surface area contributed by atoms with Gasteiger partial charge in [0, 0.05) is 67.6 Å². The summed E-state index contributed by atoms with van der Waals surface area (Å²) in [5.74, 6) is -2.31. The van der Waals surface area contributed by atoms with Crippen LogP contribution in [0.3, 0.4) is 0 Å². The van der Waals surface area contributed by atoms with Crippen LogP contribution in [0, 0.1) is 5.92 Å². The average molecular weight is 1090 g/mol. The van der Waals surface area contributed by atoms with E-state index < -0.39 is 72.4 Å². The van der Waals surface area contributed by atoms with Gasteiger partial charge >= 0.3 is 0 Å². The van der Waals surface area contributed by atoms with Crippen molar-refractivity contribution in [3.63, 3.8) is 0 Å². The zero-order valence-corrected chi connectivity index (χ0v) is 47.6. The fourth-order valence-corrected chi connectivity index (χ4v) is 8.08. The van der Waals surface area contributed by atoms with Crippen LogP contribution in [-0.4, -0.2) is 166 Å². The fraction of sp³-hybridized carbons (Fsp3) is 0.569. The summed E-state index contributed by atoms with van der Waals surface area (Å²) >= 11 is 0. The summed E-state index contributed by atoms with van der Waals surface area (Å²) in [4.78, 5) is 90.2. The molecular weight excluding hydrogens is 1000 g/mol. The van der Waals surface area contributed by atoms with E-state index in [-0.39, 0.29) is 74.0 Å². The molecule has 3 rings (SSSR count). The Hall–Kier alpha value is -6.13. The molecule has 12 N–H and O–H groups in total. The van der Waals surface area contributed by atoms with Crippen LogP contribution in [0.2, 0.25) is 0 Å². The number of hydrogen-bond acceptors (Lipinski definition) is 14. The lowest BCUT2D eigenvalue weighted by molar-refractivity contribution is -0.135. The third-order valence-electron chi connectivity index (χ3n) is 12.8. The lowest BCUT2D eigenvalue weighted by atomic mass is 9.93. The Morgan fingerprint density at radius 1 is 0.449 bits per heavy atom. The van der Waals surface area contributed by atoms with Crippen molar-refractivity contribution in [2.24, 2.45) is 17.4 Å². The van der Waals surface area contributed by atoms with Gasteiger partial charge in [0.2, 0.25) is 35.4 Å². The van der Waals surface area contributed by atoms with Gasteiger partial charge in [-0.05, 0) is 61.1 Å². The second kappa shape index (κ2) is 37.6. The van der Waals surface area contributed by atoms with Gasteiger partial charge in [-0.1, -0.05) is 138 Å². The number of hydrogen-bond donors (Lipinski definition) is 10. The summed E-state index contributed by atoms with van der Waals surface area (Å²) in [6, 6.07) is 23.3. The molecule has 0 heterocycles. The Kier molecular flexibility index (Phi) is 33.7. The quantitative estimate of drug-likeness (QED) is 0.0459. The van der Waals surface area contributed by atoms with E-state index in [1.165, 1.54) is 14.7 Å². The fourth-order valence-electron chi connectivity index (χ4n) is 8.08. The maximum absolute atomic E-state index is 12.4. The number of aliphatic hydroxyl groups excluding tert-OH is 5. The Morgan fingerprint density at radius 3 is 1.06 bits per heavy atom. The van der Waals surface area contributed by atoms with Crippen LogP contribution in [0.4, 0.5) is 0 Å². The summed E-state index contributed by atoms with van der Waals surface area (Å²) in [6.45, 7) is 7.75. The SMILES string of the molecule is CCCC(C)C(O)[C@H](O)CCC(=O)N[C@H](C(=O)N(C)C)c1ccccc1.CCCC(N)C(=O)[C@H](O)CCC(=O)N[C@H](C(=O)N(C)C)c1ccccc1.CCCC(N)C(O)[C@H](O)CCC(=O)N[C@H](C(=O)N(C)C)c1ccccc1. The molecule has 0 aromatic heterocycles. The minimum Gasteiger partial charge on any atom is -0.390 e. The van der Waals surface area contributed by atoms with Crippen LogP contribution in [0.5, 0.6) is 0 Å². The molecule has 6 amide bonds. The van der Waals surface area contributed by atoms with Crippen LogP contribution >= 0.6 is 0 Å². The summed E-state index contributed by atoms with van der Waals surface area (Å²) in [6.07, 6.45) is -0.707. The smallest absolute Gasteiger partial charge is 0.249 e. The Bertz CT molecular complexity index is 2120. The predicted molar refractivity (Wildman–Crippen MR) is 301 cm³/mol. The normalized spacial score (nSPS) is 15.1. The van der Waals surface area contributed by atoms with E-state index in [2.05, 4.69) is 16.0 Å². The number of benzene rings is 3. The molecule has 0 saturated heterocycles. The highest BCUT2D eigenvalue weighted by Crippen LogP contribution is 2.20. The van der Waals surface area contributed by atoms with Gasteiger partial charge in [0.1, 0.15) is 24.2 Å². The number of likely N-dealkylation sites (N-methyl/N-ethyl adjacent to an activating group) is 3. The molecule has 0 aliphatic heterocycles. The molecule has 0 bridgehead atoms. The molecule has 78 heavy (non-hydrogen) atoms. The van der Waals surface area contributed by atoms with Crippen molar-refractivity contribution in [3.05, 3.63) is 108 Å². The average Bonchev–Trinajstić information content (AvgIpc) is 3.43. The number of nitrogens with two attached hydrogens (primary N) is 2. The van der Waals surface area contributed by atoms with Crippen molar-refractivity contribution in [2.75, 3.05) is 42.3 Å². The minimum atomic E-state index is -1.28. The Morgan fingerprint density at radius 2 is 0.756 bits per heavy atom. The zero-order chi connectivity index (χ0) is 59.1. The van der Waals surface area contributed by atoms with Crippen molar-refractivity contribution < 1.29 is 59.1 Å². The van der Waals surface area contributed by atoms with Crippen molar-refractivity contribution >= 4 is 41.2 Å². The maximum Gasteiger partial charge on any atom is 0.249 e. The van der Waals surface area contributed by atoms with Crippen LogP contribution in [0.1, 0.15) is 140 Å². The first-order chi connectivity index (χ1) is 36.8. The first-order valence-corrected chi connectivity index (χ1v) is 26.9. The standard InChI is InChI=1S/C20H32N2O4.C19H31N3O4.C19H29N3O4/c1-5-9-14(2)19(25)16(23)12-13-17(24)21-18(20(26)22(3)4)15-10-7-6-8-11-15;2*1-4-8-14(20)18(25)15(23)11-12-16(24)21-17(19(26)22(2)3)13-9-6-5-7-10-13/h6-8,10-11,14,16,18-19,23,25H,5,9,12-13H2,1-4H3,(H,21,24);5-7,9-10,14-15,17-18,23,25H,4,8,11-12,20H2,1-3H3,(H,21,24);5-7,9-10,14-15,17,23H,4,8,11-12,20H2,1-3H3,(H,21,24)/t14?,16-,18+,19?;14?,15-,17+,18?;14?,15-,17+/m111/s1. The van der Waals surface area contributed by atoms with Crippen LogP contribution in [-0.2, 0) is 33.6 Å². The molecule has 0 aliphatic carbocycles. The van der Waals surface area contributed by atoms with Crippen LogP contribution in [0.25, 0.3) is 0 Å². The number of nitrogens with one attached hydrogen (secondary N) is 3. The van der Waals surface area contributed by atoms with Crippen molar-refractivity contribution in [2.45, 2.75) is 165 Å². The molecule has 436 valence electrons. The molecular formula is C58H92N8O12. The summed E-state index contributed by atoms with van der Waals surface area (Å²) in [7, 11) is 9.75. The van der Waals surface area contributed by atoms with Gasteiger partial charge in [-0.2, -0.15) is 0 Å². The first kappa shape index (κ1) is 69.9. The number of amides is 6. The summed E-state index contributed by atoms with van der Waals surface area (Å²) in [5.41, 5.74) is 13.6. The van der Waals surface area contributed by atoms with Gasteiger partial charge in [-0.25, -0.2) is 0 Å². The van der Waals surface area contributed by atoms with E-state index in [1.54, 1.807) is 103 Å². The lowest BCUT2D eigenvalue weighted by Gasteiger charge is -2.24. The number of aliphatic hydroxyl groups is 5. The number of nitrogens with zero attached hydrogens (tertiary/aromatic N) is 3. The third kappa shape index (κ3) is 25.6. The van der Waals surface area contributed by atoms with E-state index in [9.17, 15) is 59.1 Å². The molecule has 0 aliphatic rings. The molecule has 3 aromatic carbocycles. The molecule has 0 radical (unpaired) electrons. The van der Waals surface area contributed by atoms with E-state index in [4.69, 9.17) is 11.5 Å². The number of ketones is 1. The van der Waals surface area contributed by atoms with E-state index in [0.717, 1.165) is 25.7 Å². The number of carbonyl (C=O) groups excluding carboxylic acids is 7. The second-order valence-corrected chi connectivity index (χ2v) is 20.2. The molecule has 0 saturated carbocycles. The molecule has 11 atom stereocenters. The second-order valence-electron chi connectivity index (χ2n) is 20.2. The lowest BCUT2D eigenvalue weighted by Crippen LogP contribution is -2.44. The highest BCUT2D eigenvalue weighted by molar-refractivity contribution is 5.91. The monoisotopic (exact) mass is 1090 g/mol. The molecule has 0 fully saturated rings. The summed E-state index contributed by atoms with van der Waals surface area (Å²) < 4.78 is 0. The van der Waals surface area contributed by atoms with Crippen molar-refractivity contribution in [3.8, 4) is 0 Å². The van der Waals surface area contributed by atoms with E-state index >= 15 is 0 Å². The van der Waals surface area contributed by atoms with E-state index in [0.29, 0.717) is 29.5 Å². The molecule has 5 unspecified atom stereocenters. The summed E-state index contributed by atoms with van der Waals surface area (Å²) in [5, 5.41) is 58.3. The van der Waals surface area contributed by atoms with Gasteiger partial charge in [0.25, 0.3) is 0 Å². The predicted octanol–water partition coefficient (Wildman–Crippen LogP) is 3.20. The Labute approximate surface area is 462 Å². The maximum atomic E-state index is 12.4.